The molecule has 0 unspecified atom stereocenters. The van der Waals surface area contributed by atoms with Crippen LogP contribution < -0.4 is 10.1 Å². The maximum atomic E-state index is 12.6. The molecule has 11 heteroatoms. The summed E-state index contributed by atoms with van der Waals surface area (Å²) >= 11 is 3.35. The fraction of sp³-hybridized carbons (Fsp3) is 0.316. The molecule has 0 saturated carbocycles. The molecule has 0 aliphatic carbocycles. The first-order valence-electron chi connectivity index (χ1n) is 9.16. The van der Waals surface area contributed by atoms with Gasteiger partial charge >= 0.3 is 5.69 Å². The lowest BCUT2D eigenvalue weighted by Gasteiger charge is -2.16. The normalized spacial score (nSPS) is 14.5. The number of rotatable bonds is 7. The van der Waals surface area contributed by atoms with Crippen molar-refractivity contribution >= 4 is 43.2 Å². The fourth-order valence-corrected chi connectivity index (χ4v) is 5.18. The third-order valence-corrected chi connectivity index (χ3v) is 7.14. The molecule has 30 heavy (non-hydrogen) atoms. The highest BCUT2D eigenvalue weighted by Crippen LogP contribution is 2.32. The van der Waals surface area contributed by atoms with Crippen LogP contribution in [0.1, 0.15) is 18.4 Å². The maximum absolute atomic E-state index is 12.6. The lowest BCUT2D eigenvalue weighted by atomic mass is 10.2. The highest BCUT2D eigenvalue weighted by atomic mass is 79.9. The van der Waals surface area contributed by atoms with Gasteiger partial charge in [-0.05, 0) is 65.5 Å². The van der Waals surface area contributed by atoms with Crippen molar-refractivity contribution in [2.75, 3.05) is 25.0 Å². The number of nitrogens with one attached hydrogen (secondary N) is 1. The number of carbonyl (C=O) groups is 1. The summed E-state index contributed by atoms with van der Waals surface area (Å²) in [6.07, 6.45) is 1.52. The van der Waals surface area contributed by atoms with E-state index in [1.807, 2.05) is 19.1 Å². The maximum Gasteiger partial charge on any atom is 0.312 e. The Morgan fingerprint density at radius 2 is 1.93 bits per heavy atom. The number of sulfonamides is 1. The molecule has 0 aromatic heterocycles. The van der Waals surface area contributed by atoms with Gasteiger partial charge < -0.3 is 10.1 Å². The zero-order valence-corrected chi connectivity index (χ0v) is 18.5. The average molecular weight is 498 g/mol. The van der Waals surface area contributed by atoms with Crippen molar-refractivity contribution in [3.05, 3.63) is 56.5 Å². The second-order valence-electron chi connectivity index (χ2n) is 6.82. The van der Waals surface area contributed by atoms with Crippen LogP contribution in [0.5, 0.6) is 5.75 Å². The van der Waals surface area contributed by atoms with E-state index in [0.29, 0.717) is 23.2 Å². The predicted octanol–water partition coefficient (Wildman–Crippen LogP) is 3.47. The Hall–Kier alpha value is -2.50. The van der Waals surface area contributed by atoms with Crippen molar-refractivity contribution in [3.63, 3.8) is 0 Å². The molecule has 2 aromatic rings. The van der Waals surface area contributed by atoms with E-state index in [4.69, 9.17) is 4.74 Å². The van der Waals surface area contributed by atoms with E-state index in [0.717, 1.165) is 24.5 Å². The molecule has 0 radical (unpaired) electrons. The van der Waals surface area contributed by atoms with E-state index in [1.54, 1.807) is 6.07 Å². The van der Waals surface area contributed by atoms with Crippen molar-refractivity contribution in [2.24, 2.45) is 0 Å². The molecule has 1 N–H and O–H groups in total. The first-order chi connectivity index (χ1) is 14.2. The molecule has 1 aliphatic rings. The minimum Gasteiger partial charge on any atom is -0.477 e. The summed E-state index contributed by atoms with van der Waals surface area (Å²) in [5.74, 6) is -0.693. The summed E-state index contributed by atoms with van der Waals surface area (Å²) in [6, 6.07) is 8.81. The molecule has 9 nitrogen and oxygen atoms in total. The fourth-order valence-electron chi connectivity index (χ4n) is 3.05. The number of nitro groups is 1. The summed E-state index contributed by atoms with van der Waals surface area (Å²) in [7, 11) is -3.80. The Morgan fingerprint density at radius 3 is 2.57 bits per heavy atom. The largest absolute Gasteiger partial charge is 0.477 e. The van der Waals surface area contributed by atoms with E-state index in [1.165, 1.54) is 16.4 Å². The predicted molar refractivity (Wildman–Crippen MR) is 114 cm³/mol. The second kappa shape index (κ2) is 9.11. The number of hydrogen-bond acceptors (Lipinski definition) is 6. The van der Waals surface area contributed by atoms with Gasteiger partial charge in [0.2, 0.25) is 10.0 Å². The molecular formula is C19H20BrN3O6S. The van der Waals surface area contributed by atoms with Gasteiger partial charge in [-0.1, -0.05) is 6.07 Å². The van der Waals surface area contributed by atoms with E-state index >= 15 is 0 Å². The van der Waals surface area contributed by atoms with Crippen molar-refractivity contribution in [3.8, 4) is 5.75 Å². The molecule has 1 fully saturated rings. The third kappa shape index (κ3) is 4.97. The van der Waals surface area contributed by atoms with Gasteiger partial charge in [0.1, 0.15) is 0 Å². The monoisotopic (exact) mass is 497 g/mol. The van der Waals surface area contributed by atoms with Crippen LogP contribution in [-0.2, 0) is 14.8 Å². The number of aryl methyl sites for hydroxylation is 1. The number of anilines is 1. The number of hydrogen-bond donors (Lipinski definition) is 1. The molecule has 2 aromatic carbocycles. The SMILES string of the molecule is Cc1ccc(NC(=O)COc2ccc(S(=O)(=O)N3CCCC3)cc2[N+](=O)[O-])c(Br)c1. The molecule has 160 valence electrons. The molecule has 0 spiro atoms. The van der Waals surface area contributed by atoms with Crippen LogP contribution in [0.3, 0.4) is 0 Å². The van der Waals surface area contributed by atoms with Gasteiger partial charge in [-0.25, -0.2) is 8.42 Å². The quantitative estimate of drug-likeness (QED) is 0.461. The zero-order chi connectivity index (χ0) is 21.9. The smallest absolute Gasteiger partial charge is 0.312 e. The van der Waals surface area contributed by atoms with E-state index in [-0.39, 0.29) is 10.6 Å². The third-order valence-electron chi connectivity index (χ3n) is 4.59. The summed E-state index contributed by atoms with van der Waals surface area (Å²) in [5, 5.41) is 14.1. The van der Waals surface area contributed by atoms with E-state index in [9.17, 15) is 23.3 Å². The van der Waals surface area contributed by atoms with Gasteiger partial charge in [0, 0.05) is 23.6 Å². The number of carbonyl (C=O) groups excluding carboxylic acids is 1. The molecule has 1 amide bonds. The lowest BCUT2D eigenvalue weighted by molar-refractivity contribution is -0.386. The van der Waals surface area contributed by atoms with Gasteiger partial charge in [-0.15, -0.1) is 0 Å². The Labute approximate surface area is 182 Å². The summed E-state index contributed by atoms with van der Waals surface area (Å²) in [4.78, 5) is 22.7. The minimum atomic E-state index is -3.80. The van der Waals surface area contributed by atoms with Gasteiger partial charge in [0.25, 0.3) is 5.91 Å². The molecule has 1 aliphatic heterocycles. The second-order valence-corrected chi connectivity index (χ2v) is 9.61. The van der Waals surface area contributed by atoms with Crippen molar-refractivity contribution in [1.29, 1.82) is 0 Å². The number of nitrogens with zero attached hydrogens (tertiary/aromatic N) is 2. The Balaban J connectivity index is 1.74. The molecule has 3 rings (SSSR count). The van der Waals surface area contributed by atoms with Crippen LogP contribution in [-0.4, -0.2) is 43.2 Å². The van der Waals surface area contributed by atoms with Crippen LogP contribution in [0.2, 0.25) is 0 Å². The number of benzene rings is 2. The molecule has 1 heterocycles. The van der Waals surface area contributed by atoms with Crippen LogP contribution in [0, 0.1) is 17.0 Å². The first kappa shape index (κ1) is 22.2. The van der Waals surface area contributed by atoms with Crippen molar-refractivity contribution in [2.45, 2.75) is 24.7 Å². The van der Waals surface area contributed by atoms with Gasteiger partial charge in [-0.2, -0.15) is 4.31 Å². The first-order valence-corrected chi connectivity index (χ1v) is 11.4. The zero-order valence-electron chi connectivity index (χ0n) is 16.1. The average Bonchev–Trinajstić information content (AvgIpc) is 3.24. The highest BCUT2D eigenvalue weighted by molar-refractivity contribution is 9.10. The number of ether oxygens (including phenoxy) is 1. The van der Waals surface area contributed by atoms with Crippen LogP contribution >= 0.6 is 15.9 Å². The number of nitro benzene ring substituents is 1. The summed E-state index contributed by atoms with van der Waals surface area (Å²) in [6.45, 7) is 2.22. The standard InChI is InChI=1S/C19H20BrN3O6S/c1-13-4-6-16(15(20)10-13)21-19(24)12-29-18-7-5-14(11-17(18)23(25)26)30(27,28)22-8-2-3-9-22/h4-7,10-11H,2-3,8-9,12H2,1H3,(H,21,24). The van der Waals surface area contributed by atoms with Gasteiger partial charge in [0.05, 0.1) is 15.5 Å². The highest BCUT2D eigenvalue weighted by Gasteiger charge is 2.30. The Kier molecular flexibility index (Phi) is 6.74. The minimum absolute atomic E-state index is 0.170. The van der Waals surface area contributed by atoms with Crippen LogP contribution in [0.25, 0.3) is 0 Å². The Bertz CT molecular complexity index is 1080. The lowest BCUT2D eigenvalue weighted by Crippen LogP contribution is -2.28. The number of halogens is 1. The molecule has 0 bridgehead atoms. The topological polar surface area (TPSA) is 119 Å². The Morgan fingerprint density at radius 1 is 1.23 bits per heavy atom. The number of amides is 1. The summed E-state index contributed by atoms with van der Waals surface area (Å²) < 4.78 is 32.6. The van der Waals surface area contributed by atoms with E-state index < -0.39 is 33.1 Å². The molecule has 0 atom stereocenters. The molecule has 1 saturated heterocycles. The van der Waals surface area contributed by atoms with Gasteiger partial charge in [-0.3, -0.25) is 14.9 Å². The van der Waals surface area contributed by atoms with E-state index in [2.05, 4.69) is 21.2 Å². The molecular weight excluding hydrogens is 478 g/mol. The van der Waals surface area contributed by atoms with Gasteiger partial charge in [0.15, 0.2) is 12.4 Å². The summed E-state index contributed by atoms with van der Waals surface area (Å²) in [5.41, 5.74) is 1.03. The van der Waals surface area contributed by atoms with Crippen molar-refractivity contribution < 1.29 is 22.9 Å². The van der Waals surface area contributed by atoms with Crippen molar-refractivity contribution in [1.82, 2.24) is 4.31 Å². The van der Waals surface area contributed by atoms with Crippen LogP contribution in [0.4, 0.5) is 11.4 Å². The van der Waals surface area contributed by atoms with Crippen LogP contribution in [0.15, 0.2) is 45.8 Å².